The van der Waals surface area contributed by atoms with Crippen molar-refractivity contribution in [2.24, 2.45) is 0 Å². The molecule has 0 aromatic heterocycles. The highest BCUT2D eigenvalue weighted by molar-refractivity contribution is 5.88. The van der Waals surface area contributed by atoms with Crippen molar-refractivity contribution in [2.75, 3.05) is 0 Å². The molecule has 0 radical (unpaired) electrons. The van der Waals surface area contributed by atoms with Crippen LogP contribution in [0.4, 0.5) is 0 Å². The van der Waals surface area contributed by atoms with Crippen LogP contribution in [-0.4, -0.2) is 17.2 Å². The van der Waals surface area contributed by atoms with Crippen LogP contribution in [0.1, 0.15) is 5.56 Å². The van der Waals surface area contributed by atoms with Gasteiger partial charge in [0.1, 0.15) is 17.2 Å². The van der Waals surface area contributed by atoms with Crippen LogP contribution >= 0.6 is 0 Å². The van der Waals surface area contributed by atoms with E-state index in [0.717, 1.165) is 16.3 Å². The fourth-order valence-electron chi connectivity index (χ4n) is 3.22. The van der Waals surface area contributed by atoms with E-state index in [2.05, 4.69) is 0 Å². The minimum atomic E-state index is -1.04. The molecule has 4 rings (SSSR count). The SMILES string of the molecule is O=C(O)C(Cc1ccccc1Oc1ccccc1)Oc1cccc2ccccc12. The van der Waals surface area contributed by atoms with Crippen LogP contribution in [0.3, 0.4) is 0 Å². The van der Waals surface area contributed by atoms with Crippen LogP contribution in [0.15, 0.2) is 97.1 Å². The molecule has 0 aliphatic heterocycles. The van der Waals surface area contributed by atoms with E-state index in [9.17, 15) is 9.90 Å². The summed E-state index contributed by atoms with van der Waals surface area (Å²) in [6.45, 7) is 0. The van der Waals surface area contributed by atoms with Gasteiger partial charge in [-0.25, -0.2) is 4.79 Å². The summed E-state index contributed by atoms with van der Waals surface area (Å²) in [4.78, 5) is 11.9. The molecule has 0 heterocycles. The van der Waals surface area contributed by atoms with E-state index in [0.29, 0.717) is 17.2 Å². The van der Waals surface area contributed by atoms with E-state index in [1.165, 1.54) is 0 Å². The van der Waals surface area contributed by atoms with Gasteiger partial charge in [-0.15, -0.1) is 0 Å². The van der Waals surface area contributed by atoms with Gasteiger partial charge in [0.05, 0.1) is 0 Å². The molecule has 0 aliphatic carbocycles. The molecule has 29 heavy (non-hydrogen) atoms. The average Bonchev–Trinajstić information content (AvgIpc) is 2.75. The molecule has 0 fully saturated rings. The van der Waals surface area contributed by atoms with Crippen molar-refractivity contribution in [1.29, 1.82) is 0 Å². The summed E-state index contributed by atoms with van der Waals surface area (Å²) < 4.78 is 11.9. The van der Waals surface area contributed by atoms with Crippen molar-refractivity contribution in [2.45, 2.75) is 12.5 Å². The number of aliphatic carboxylic acids is 1. The maximum absolute atomic E-state index is 11.9. The van der Waals surface area contributed by atoms with Gasteiger partial charge in [-0.1, -0.05) is 72.8 Å². The maximum Gasteiger partial charge on any atom is 0.345 e. The van der Waals surface area contributed by atoms with Crippen LogP contribution in [0.5, 0.6) is 17.2 Å². The molecule has 1 N–H and O–H groups in total. The highest BCUT2D eigenvalue weighted by Gasteiger charge is 2.23. The summed E-state index contributed by atoms with van der Waals surface area (Å²) in [5, 5.41) is 11.7. The quantitative estimate of drug-likeness (QED) is 0.444. The normalized spacial score (nSPS) is 11.7. The Bertz CT molecular complexity index is 1120. The number of rotatable bonds is 7. The number of hydrogen-bond donors (Lipinski definition) is 1. The summed E-state index contributed by atoms with van der Waals surface area (Å²) in [5.74, 6) is 0.845. The zero-order valence-electron chi connectivity index (χ0n) is 15.7. The molecule has 4 heteroatoms. The third-order valence-electron chi connectivity index (χ3n) is 4.64. The Morgan fingerprint density at radius 3 is 2.24 bits per heavy atom. The van der Waals surface area contributed by atoms with Crippen molar-refractivity contribution < 1.29 is 19.4 Å². The number of carboxylic acids is 1. The summed E-state index contributed by atoms with van der Waals surface area (Å²) in [6, 6.07) is 30.2. The second kappa shape index (κ2) is 8.48. The molecular weight excluding hydrogens is 364 g/mol. The smallest absolute Gasteiger partial charge is 0.345 e. The number of benzene rings is 4. The van der Waals surface area contributed by atoms with E-state index in [-0.39, 0.29) is 6.42 Å². The standard InChI is InChI=1S/C25H20O4/c26-25(27)24(29-23-16-8-11-18-9-4-6-14-21(18)23)17-19-10-5-7-15-22(19)28-20-12-2-1-3-13-20/h1-16,24H,17H2,(H,26,27). The van der Waals surface area contributed by atoms with Crippen molar-refractivity contribution in [3.05, 3.63) is 103 Å². The van der Waals surface area contributed by atoms with Gasteiger partial charge in [-0.3, -0.25) is 0 Å². The summed E-state index contributed by atoms with van der Waals surface area (Å²) in [5.41, 5.74) is 0.768. The maximum atomic E-state index is 11.9. The van der Waals surface area contributed by atoms with Gasteiger partial charge < -0.3 is 14.6 Å². The van der Waals surface area contributed by atoms with Crippen LogP contribution in [-0.2, 0) is 11.2 Å². The summed E-state index contributed by atoms with van der Waals surface area (Å²) >= 11 is 0. The third-order valence-corrected chi connectivity index (χ3v) is 4.64. The average molecular weight is 384 g/mol. The second-order valence-corrected chi connectivity index (χ2v) is 6.65. The lowest BCUT2D eigenvalue weighted by atomic mass is 10.1. The fourth-order valence-corrected chi connectivity index (χ4v) is 3.22. The first-order valence-electron chi connectivity index (χ1n) is 9.39. The molecule has 0 bridgehead atoms. The molecule has 0 amide bonds. The number of fused-ring (bicyclic) bond motifs is 1. The molecule has 1 unspecified atom stereocenters. The third kappa shape index (κ3) is 4.38. The largest absolute Gasteiger partial charge is 0.478 e. The summed E-state index contributed by atoms with van der Waals surface area (Å²) in [7, 11) is 0. The lowest BCUT2D eigenvalue weighted by Gasteiger charge is -2.18. The van der Waals surface area contributed by atoms with Crippen LogP contribution < -0.4 is 9.47 Å². The van der Waals surface area contributed by atoms with Gasteiger partial charge in [0.2, 0.25) is 0 Å². The Hall–Kier alpha value is -3.79. The van der Waals surface area contributed by atoms with Gasteiger partial charge in [0.25, 0.3) is 0 Å². The fraction of sp³-hybridized carbons (Fsp3) is 0.0800. The number of carboxylic acid groups (broad SMARTS) is 1. The zero-order valence-corrected chi connectivity index (χ0v) is 15.7. The molecule has 0 saturated heterocycles. The van der Waals surface area contributed by atoms with E-state index in [1.54, 1.807) is 6.07 Å². The number of para-hydroxylation sites is 2. The van der Waals surface area contributed by atoms with Crippen LogP contribution in [0.25, 0.3) is 10.8 Å². The Labute approximate surface area is 169 Å². The van der Waals surface area contributed by atoms with Crippen molar-refractivity contribution >= 4 is 16.7 Å². The number of ether oxygens (including phenoxy) is 2. The van der Waals surface area contributed by atoms with E-state index in [4.69, 9.17) is 9.47 Å². The first kappa shape index (κ1) is 18.6. The molecule has 0 saturated carbocycles. The predicted molar refractivity (Wildman–Crippen MR) is 113 cm³/mol. The molecule has 144 valence electrons. The number of hydrogen-bond acceptors (Lipinski definition) is 3. The minimum absolute atomic E-state index is 0.182. The highest BCUT2D eigenvalue weighted by Crippen LogP contribution is 2.29. The second-order valence-electron chi connectivity index (χ2n) is 6.65. The Morgan fingerprint density at radius 2 is 1.41 bits per heavy atom. The molecule has 1 atom stereocenters. The monoisotopic (exact) mass is 384 g/mol. The molecule has 4 aromatic carbocycles. The van der Waals surface area contributed by atoms with E-state index in [1.807, 2.05) is 91.0 Å². The van der Waals surface area contributed by atoms with Gasteiger partial charge in [0, 0.05) is 11.8 Å². The molecule has 0 aliphatic rings. The minimum Gasteiger partial charge on any atom is -0.478 e. The predicted octanol–water partition coefficient (Wildman–Crippen LogP) is 5.71. The van der Waals surface area contributed by atoms with Crippen molar-refractivity contribution in [1.82, 2.24) is 0 Å². The summed E-state index contributed by atoms with van der Waals surface area (Å²) in [6.07, 6.45) is -0.858. The van der Waals surface area contributed by atoms with Crippen molar-refractivity contribution in [3.8, 4) is 17.2 Å². The zero-order chi connectivity index (χ0) is 20.1. The van der Waals surface area contributed by atoms with E-state index < -0.39 is 12.1 Å². The van der Waals surface area contributed by atoms with Gasteiger partial charge in [-0.2, -0.15) is 0 Å². The first-order valence-corrected chi connectivity index (χ1v) is 9.39. The van der Waals surface area contributed by atoms with Gasteiger partial charge >= 0.3 is 5.97 Å². The van der Waals surface area contributed by atoms with Gasteiger partial charge in [-0.05, 0) is 35.2 Å². The highest BCUT2D eigenvalue weighted by atomic mass is 16.5. The lowest BCUT2D eigenvalue weighted by Crippen LogP contribution is -2.29. The van der Waals surface area contributed by atoms with Crippen LogP contribution in [0, 0.1) is 0 Å². The first-order chi connectivity index (χ1) is 14.2. The van der Waals surface area contributed by atoms with Gasteiger partial charge in [0.15, 0.2) is 6.10 Å². The molecule has 4 aromatic rings. The van der Waals surface area contributed by atoms with E-state index >= 15 is 0 Å². The Balaban J connectivity index is 1.60. The van der Waals surface area contributed by atoms with Crippen molar-refractivity contribution in [3.63, 3.8) is 0 Å². The van der Waals surface area contributed by atoms with Crippen LogP contribution in [0.2, 0.25) is 0 Å². The Kier molecular flexibility index (Phi) is 5.43. The molecule has 0 spiro atoms. The molecular formula is C25H20O4. The number of carbonyl (C=O) groups is 1. The topological polar surface area (TPSA) is 55.8 Å². The lowest BCUT2D eigenvalue weighted by molar-refractivity contribution is -0.144. The Morgan fingerprint density at radius 1 is 0.759 bits per heavy atom. The molecule has 4 nitrogen and oxygen atoms in total.